The average Bonchev–Trinajstić information content (AvgIpc) is 2.83. The van der Waals surface area contributed by atoms with E-state index in [-0.39, 0.29) is 6.10 Å². The Kier molecular flexibility index (Phi) is 5.79. The average molecular weight is 292 g/mol. The minimum atomic E-state index is 0.119. The van der Waals surface area contributed by atoms with Crippen molar-refractivity contribution in [1.82, 2.24) is 14.9 Å². The summed E-state index contributed by atoms with van der Waals surface area (Å²) in [4.78, 5) is 11.2. The lowest BCUT2D eigenvalue weighted by Gasteiger charge is -2.18. The summed E-state index contributed by atoms with van der Waals surface area (Å²) in [5, 5.41) is 3.39. The maximum atomic E-state index is 5.57. The van der Waals surface area contributed by atoms with E-state index in [1.165, 1.54) is 26.1 Å². The van der Waals surface area contributed by atoms with Crippen molar-refractivity contribution in [3.63, 3.8) is 0 Å². The van der Waals surface area contributed by atoms with E-state index in [9.17, 15) is 0 Å². The molecule has 5 heteroatoms. The SMILES string of the molecule is CC(C)CN1CCC(CNc2cncc(OC(C)C)n2)C1. The van der Waals surface area contributed by atoms with Gasteiger partial charge in [-0.05, 0) is 38.6 Å². The first-order valence-electron chi connectivity index (χ1n) is 7.98. The van der Waals surface area contributed by atoms with Gasteiger partial charge in [-0.3, -0.25) is 4.98 Å². The summed E-state index contributed by atoms with van der Waals surface area (Å²) in [5.74, 6) is 2.82. The number of likely N-dealkylation sites (tertiary alicyclic amines) is 1. The number of hydrogen-bond donors (Lipinski definition) is 1. The lowest BCUT2D eigenvalue weighted by atomic mass is 10.1. The van der Waals surface area contributed by atoms with Crippen LogP contribution in [0.15, 0.2) is 12.4 Å². The first-order valence-corrected chi connectivity index (χ1v) is 7.98. The van der Waals surface area contributed by atoms with Crippen molar-refractivity contribution in [2.45, 2.75) is 40.2 Å². The van der Waals surface area contributed by atoms with Crippen molar-refractivity contribution >= 4 is 5.82 Å². The molecule has 0 radical (unpaired) electrons. The van der Waals surface area contributed by atoms with Crippen LogP contribution in [0, 0.1) is 11.8 Å². The summed E-state index contributed by atoms with van der Waals surface area (Å²) in [6.07, 6.45) is 4.79. The quantitative estimate of drug-likeness (QED) is 0.837. The monoisotopic (exact) mass is 292 g/mol. The molecule has 0 bridgehead atoms. The largest absolute Gasteiger partial charge is 0.474 e. The van der Waals surface area contributed by atoms with Crippen molar-refractivity contribution in [3.05, 3.63) is 12.4 Å². The molecule has 118 valence electrons. The van der Waals surface area contributed by atoms with Crippen LogP contribution in [0.3, 0.4) is 0 Å². The molecule has 1 saturated heterocycles. The summed E-state index contributed by atoms with van der Waals surface area (Å²) in [6, 6.07) is 0. The van der Waals surface area contributed by atoms with Gasteiger partial charge in [0.05, 0.1) is 18.5 Å². The molecule has 5 nitrogen and oxygen atoms in total. The van der Waals surface area contributed by atoms with Crippen molar-refractivity contribution in [2.24, 2.45) is 11.8 Å². The van der Waals surface area contributed by atoms with Crippen LogP contribution in [0.4, 0.5) is 5.82 Å². The van der Waals surface area contributed by atoms with E-state index in [0.29, 0.717) is 11.8 Å². The Morgan fingerprint density at radius 3 is 2.86 bits per heavy atom. The number of ether oxygens (including phenoxy) is 1. The van der Waals surface area contributed by atoms with E-state index in [2.05, 4.69) is 34.0 Å². The zero-order valence-corrected chi connectivity index (χ0v) is 13.7. The normalized spacial score (nSPS) is 19.4. The maximum absolute atomic E-state index is 5.57. The third kappa shape index (κ3) is 5.50. The van der Waals surface area contributed by atoms with Crippen molar-refractivity contribution in [3.8, 4) is 5.88 Å². The standard InChI is InChI=1S/C16H28N4O/c1-12(2)10-20-6-5-14(11-20)7-18-15-8-17-9-16(19-15)21-13(3)4/h8-9,12-14H,5-7,10-11H2,1-4H3,(H,18,19). The molecule has 1 atom stereocenters. The van der Waals surface area contributed by atoms with Gasteiger partial charge in [-0.15, -0.1) is 0 Å². The molecular weight excluding hydrogens is 264 g/mol. The van der Waals surface area contributed by atoms with Gasteiger partial charge in [-0.25, -0.2) is 0 Å². The maximum Gasteiger partial charge on any atom is 0.234 e. The molecule has 0 amide bonds. The topological polar surface area (TPSA) is 50.3 Å². The fourth-order valence-electron chi connectivity index (χ4n) is 2.74. The molecule has 1 unspecified atom stereocenters. The lowest BCUT2D eigenvalue weighted by molar-refractivity contribution is 0.232. The molecule has 1 aliphatic heterocycles. The third-order valence-corrected chi connectivity index (χ3v) is 3.53. The predicted molar refractivity (Wildman–Crippen MR) is 85.7 cm³/mol. The van der Waals surface area contributed by atoms with Crippen LogP contribution in [0.5, 0.6) is 5.88 Å². The molecular formula is C16H28N4O. The Balaban J connectivity index is 1.78. The van der Waals surface area contributed by atoms with Crippen LogP contribution < -0.4 is 10.1 Å². The van der Waals surface area contributed by atoms with E-state index >= 15 is 0 Å². The molecule has 1 aromatic rings. The van der Waals surface area contributed by atoms with Gasteiger partial charge in [0, 0.05) is 19.6 Å². The third-order valence-electron chi connectivity index (χ3n) is 3.53. The van der Waals surface area contributed by atoms with Gasteiger partial charge in [0.15, 0.2) is 0 Å². The highest BCUT2D eigenvalue weighted by Gasteiger charge is 2.22. The Bertz CT molecular complexity index is 436. The summed E-state index contributed by atoms with van der Waals surface area (Å²) >= 11 is 0. The molecule has 0 aromatic carbocycles. The minimum absolute atomic E-state index is 0.119. The molecule has 0 saturated carbocycles. The second-order valence-electron chi connectivity index (χ2n) is 6.60. The Morgan fingerprint density at radius 1 is 1.33 bits per heavy atom. The first-order chi connectivity index (χ1) is 10.0. The van der Waals surface area contributed by atoms with Crippen LogP contribution >= 0.6 is 0 Å². The molecule has 1 N–H and O–H groups in total. The summed E-state index contributed by atoms with van der Waals surface area (Å²) in [7, 11) is 0. The molecule has 2 rings (SSSR count). The van der Waals surface area contributed by atoms with E-state index in [1.807, 2.05) is 13.8 Å². The molecule has 0 spiro atoms. The molecule has 2 heterocycles. The zero-order chi connectivity index (χ0) is 15.2. The number of nitrogens with zero attached hydrogens (tertiary/aromatic N) is 3. The van der Waals surface area contributed by atoms with Crippen LogP contribution in [0.2, 0.25) is 0 Å². The predicted octanol–water partition coefficient (Wildman–Crippen LogP) is 2.65. The number of anilines is 1. The first kappa shape index (κ1) is 16.0. The fourth-order valence-corrected chi connectivity index (χ4v) is 2.74. The fraction of sp³-hybridized carbons (Fsp3) is 0.750. The van der Waals surface area contributed by atoms with Crippen molar-refractivity contribution in [2.75, 3.05) is 31.5 Å². The van der Waals surface area contributed by atoms with Gasteiger partial charge in [0.2, 0.25) is 5.88 Å². The number of hydrogen-bond acceptors (Lipinski definition) is 5. The summed E-state index contributed by atoms with van der Waals surface area (Å²) in [5.41, 5.74) is 0. The van der Waals surface area contributed by atoms with E-state index in [4.69, 9.17) is 4.74 Å². The van der Waals surface area contributed by atoms with Crippen LogP contribution in [0.25, 0.3) is 0 Å². The second-order valence-corrected chi connectivity index (χ2v) is 6.60. The molecule has 21 heavy (non-hydrogen) atoms. The van der Waals surface area contributed by atoms with E-state index in [0.717, 1.165) is 18.3 Å². The van der Waals surface area contributed by atoms with Crippen LogP contribution in [-0.4, -0.2) is 47.2 Å². The summed E-state index contributed by atoms with van der Waals surface area (Å²) < 4.78 is 5.57. The van der Waals surface area contributed by atoms with Gasteiger partial charge < -0.3 is 15.0 Å². The number of nitrogens with one attached hydrogen (secondary N) is 1. The van der Waals surface area contributed by atoms with Gasteiger partial charge >= 0.3 is 0 Å². The van der Waals surface area contributed by atoms with Crippen LogP contribution in [-0.2, 0) is 0 Å². The van der Waals surface area contributed by atoms with E-state index < -0.39 is 0 Å². The van der Waals surface area contributed by atoms with Crippen LogP contribution in [0.1, 0.15) is 34.1 Å². The zero-order valence-electron chi connectivity index (χ0n) is 13.7. The van der Waals surface area contributed by atoms with Crippen molar-refractivity contribution in [1.29, 1.82) is 0 Å². The number of rotatable bonds is 7. The highest BCUT2D eigenvalue weighted by atomic mass is 16.5. The Labute approximate surface area is 128 Å². The van der Waals surface area contributed by atoms with Gasteiger partial charge in [-0.1, -0.05) is 13.8 Å². The van der Waals surface area contributed by atoms with Crippen molar-refractivity contribution < 1.29 is 4.74 Å². The summed E-state index contributed by atoms with van der Waals surface area (Å²) in [6.45, 7) is 13.1. The Hall–Kier alpha value is -1.36. The molecule has 1 aromatic heterocycles. The lowest BCUT2D eigenvalue weighted by Crippen LogP contribution is -2.26. The van der Waals surface area contributed by atoms with E-state index in [1.54, 1.807) is 12.4 Å². The van der Waals surface area contributed by atoms with Gasteiger partial charge in [0.1, 0.15) is 5.82 Å². The number of aromatic nitrogens is 2. The molecule has 1 fully saturated rings. The minimum Gasteiger partial charge on any atom is -0.474 e. The van der Waals surface area contributed by atoms with Gasteiger partial charge in [0.25, 0.3) is 0 Å². The van der Waals surface area contributed by atoms with Gasteiger partial charge in [-0.2, -0.15) is 4.98 Å². The highest BCUT2D eigenvalue weighted by Crippen LogP contribution is 2.18. The molecule has 1 aliphatic rings. The molecule has 0 aliphatic carbocycles. The second kappa shape index (κ2) is 7.59. The highest BCUT2D eigenvalue weighted by molar-refractivity contribution is 5.33. The smallest absolute Gasteiger partial charge is 0.234 e. The Morgan fingerprint density at radius 2 is 2.14 bits per heavy atom.